The molecular weight excluding hydrogens is 328 g/mol. The number of carbonyl (C=O) groups is 1. The fourth-order valence-electron chi connectivity index (χ4n) is 1.76. The van der Waals surface area contributed by atoms with Crippen LogP contribution in [-0.2, 0) is 9.53 Å². The first-order valence-corrected chi connectivity index (χ1v) is 7.16. The standard InChI is InChI=1S/C13H17BrN2O4/c1-3-6-10(13(17)20-4-2)15-12-9(14)7-5-8-11(12)16(18)19/h5,7-8,10,15H,3-4,6H2,1-2H3/t10-/m0/s1. The Morgan fingerprint density at radius 1 is 1.50 bits per heavy atom. The van der Waals surface area contributed by atoms with Crippen LogP contribution in [0.25, 0.3) is 0 Å². The van der Waals surface area contributed by atoms with Crippen molar-refractivity contribution in [3.63, 3.8) is 0 Å². The number of hydrogen-bond acceptors (Lipinski definition) is 5. The molecule has 0 heterocycles. The van der Waals surface area contributed by atoms with E-state index >= 15 is 0 Å². The Bertz CT molecular complexity index is 493. The highest BCUT2D eigenvalue weighted by atomic mass is 79.9. The minimum absolute atomic E-state index is 0.0789. The first-order valence-electron chi connectivity index (χ1n) is 6.37. The van der Waals surface area contributed by atoms with Gasteiger partial charge < -0.3 is 10.1 Å². The molecule has 7 heteroatoms. The number of anilines is 1. The van der Waals surface area contributed by atoms with Crippen molar-refractivity contribution in [2.75, 3.05) is 11.9 Å². The van der Waals surface area contributed by atoms with Gasteiger partial charge in [0.15, 0.2) is 0 Å². The number of benzene rings is 1. The number of rotatable bonds is 7. The molecule has 1 rings (SSSR count). The maximum atomic E-state index is 11.9. The quantitative estimate of drug-likeness (QED) is 0.465. The SMILES string of the molecule is CCC[C@H](Nc1c(Br)cccc1[N+](=O)[O-])C(=O)OCC. The first-order chi connectivity index (χ1) is 9.51. The van der Waals surface area contributed by atoms with Crippen molar-refractivity contribution in [3.8, 4) is 0 Å². The normalized spacial score (nSPS) is 11.8. The molecule has 0 amide bonds. The van der Waals surface area contributed by atoms with Crippen LogP contribution in [-0.4, -0.2) is 23.5 Å². The average Bonchev–Trinajstić information content (AvgIpc) is 2.40. The summed E-state index contributed by atoms with van der Waals surface area (Å²) in [6.45, 7) is 3.93. The molecular formula is C13H17BrN2O4. The van der Waals surface area contributed by atoms with E-state index < -0.39 is 16.9 Å². The van der Waals surface area contributed by atoms with Crippen LogP contribution < -0.4 is 5.32 Å². The van der Waals surface area contributed by atoms with Crippen LogP contribution in [0.3, 0.4) is 0 Å². The highest BCUT2D eigenvalue weighted by Gasteiger charge is 2.24. The van der Waals surface area contributed by atoms with E-state index in [9.17, 15) is 14.9 Å². The van der Waals surface area contributed by atoms with Gasteiger partial charge in [0.1, 0.15) is 11.7 Å². The zero-order valence-electron chi connectivity index (χ0n) is 11.4. The summed E-state index contributed by atoms with van der Waals surface area (Å²) in [7, 11) is 0. The number of nitro groups is 1. The Balaban J connectivity index is 3.04. The number of nitrogens with one attached hydrogen (secondary N) is 1. The molecule has 0 saturated heterocycles. The number of nitrogens with zero attached hydrogens (tertiary/aromatic N) is 1. The average molecular weight is 345 g/mol. The predicted molar refractivity (Wildman–Crippen MR) is 79.7 cm³/mol. The lowest BCUT2D eigenvalue weighted by molar-refractivity contribution is -0.384. The van der Waals surface area contributed by atoms with Gasteiger partial charge in [0, 0.05) is 10.5 Å². The molecule has 1 aromatic carbocycles. The molecule has 1 aromatic rings. The molecule has 0 aliphatic rings. The second kappa shape index (κ2) is 7.84. The summed E-state index contributed by atoms with van der Waals surface area (Å²) in [6, 6.07) is 4.05. The molecule has 0 spiro atoms. The lowest BCUT2D eigenvalue weighted by Crippen LogP contribution is -2.31. The summed E-state index contributed by atoms with van der Waals surface area (Å²) in [4.78, 5) is 22.4. The molecule has 1 atom stereocenters. The third kappa shape index (κ3) is 4.19. The van der Waals surface area contributed by atoms with Gasteiger partial charge in [-0.1, -0.05) is 19.4 Å². The smallest absolute Gasteiger partial charge is 0.328 e. The van der Waals surface area contributed by atoms with Crippen molar-refractivity contribution in [1.29, 1.82) is 0 Å². The maximum absolute atomic E-state index is 11.9. The van der Waals surface area contributed by atoms with E-state index in [1.165, 1.54) is 6.07 Å². The molecule has 20 heavy (non-hydrogen) atoms. The van der Waals surface area contributed by atoms with Crippen molar-refractivity contribution in [1.82, 2.24) is 0 Å². The molecule has 0 aliphatic heterocycles. The third-order valence-electron chi connectivity index (χ3n) is 2.66. The largest absolute Gasteiger partial charge is 0.464 e. The highest BCUT2D eigenvalue weighted by molar-refractivity contribution is 9.10. The van der Waals surface area contributed by atoms with Crippen molar-refractivity contribution in [2.24, 2.45) is 0 Å². The molecule has 0 aliphatic carbocycles. The summed E-state index contributed by atoms with van der Waals surface area (Å²) < 4.78 is 5.52. The predicted octanol–water partition coefficient (Wildman–Crippen LogP) is 3.50. The maximum Gasteiger partial charge on any atom is 0.328 e. The monoisotopic (exact) mass is 344 g/mol. The van der Waals surface area contributed by atoms with Gasteiger partial charge in [-0.3, -0.25) is 10.1 Å². The second-order valence-corrected chi connectivity index (χ2v) is 4.98. The molecule has 6 nitrogen and oxygen atoms in total. The summed E-state index contributed by atoms with van der Waals surface area (Å²) in [6.07, 6.45) is 1.30. The lowest BCUT2D eigenvalue weighted by Gasteiger charge is -2.18. The Morgan fingerprint density at radius 2 is 2.20 bits per heavy atom. The summed E-state index contributed by atoms with van der Waals surface area (Å²) in [5.74, 6) is -0.403. The van der Waals surface area contributed by atoms with E-state index in [1.807, 2.05) is 6.92 Å². The Morgan fingerprint density at radius 3 is 2.75 bits per heavy atom. The van der Waals surface area contributed by atoms with Gasteiger partial charge >= 0.3 is 5.97 Å². The number of esters is 1. The third-order valence-corrected chi connectivity index (χ3v) is 3.32. The Kier molecular flexibility index (Phi) is 6.44. The zero-order valence-corrected chi connectivity index (χ0v) is 13.0. The number of halogens is 1. The van der Waals surface area contributed by atoms with Crippen molar-refractivity contribution in [2.45, 2.75) is 32.7 Å². The van der Waals surface area contributed by atoms with Gasteiger partial charge in [0.25, 0.3) is 5.69 Å². The Labute approximate surface area is 125 Å². The van der Waals surface area contributed by atoms with Gasteiger partial charge in [-0.05, 0) is 35.3 Å². The number of para-hydroxylation sites is 1. The molecule has 110 valence electrons. The van der Waals surface area contributed by atoms with E-state index in [-0.39, 0.29) is 12.3 Å². The van der Waals surface area contributed by atoms with Gasteiger partial charge in [0.2, 0.25) is 0 Å². The van der Waals surface area contributed by atoms with Crippen LogP contribution in [0, 0.1) is 10.1 Å². The molecule has 0 bridgehead atoms. The van der Waals surface area contributed by atoms with E-state index in [2.05, 4.69) is 21.2 Å². The lowest BCUT2D eigenvalue weighted by atomic mass is 10.1. The van der Waals surface area contributed by atoms with Crippen molar-refractivity contribution >= 4 is 33.3 Å². The number of nitro benzene ring substituents is 1. The van der Waals surface area contributed by atoms with Crippen LogP contribution in [0.5, 0.6) is 0 Å². The Hall–Kier alpha value is -1.63. The fraction of sp³-hybridized carbons (Fsp3) is 0.462. The van der Waals surface area contributed by atoms with Gasteiger partial charge in [-0.15, -0.1) is 0 Å². The van der Waals surface area contributed by atoms with E-state index in [1.54, 1.807) is 19.1 Å². The molecule has 0 radical (unpaired) electrons. The van der Waals surface area contributed by atoms with Crippen molar-refractivity contribution < 1.29 is 14.5 Å². The van der Waals surface area contributed by atoms with E-state index in [4.69, 9.17) is 4.74 Å². The van der Waals surface area contributed by atoms with Crippen LogP contribution >= 0.6 is 15.9 Å². The summed E-state index contributed by atoms with van der Waals surface area (Å²) in [5.41, 5.74) is 0.216. The molecule has 0 fully saturated rings. The van der Waals surface area contributed by atoms with Crippen LogP contribution in [0.1, 0.15) is 26.7 Å². The first kappa shape index (κ1) is 16.4. The number of ether oxygens (including phenoxy) is 1. The minimum atomic E-state index is -0.600. The van der Waals surface area contributed by atoms with Crippen LogP contribution in [0.4, 0.5) is 11.4 Å². The fourth-order valence-corrected chi connectivity index (χ4v) is 2.23. The van der Waals surface area contributed by atoms with Crippen LogP contribution in [0.2, 0.25) is 0 Å². The summed E-state index contributed by atoms with van der Waals surface area (Å²) in [5, 5.41) is 14.0. The highest BCUT2D eigenvalue weighted by Crippen LogP contribution is 2.33. The molecule has 0 aromatic heterocycles. The second-order valence-electron chi connectivity index (χ2n) is 4.13. The number of carbonyl (C=O) groups excluding carboxylic acids is 1. The summed E-state index contributed by atoms with van der Waals surface area (Å²) >= 11 is 3.26. The molecule has 0 saturated carbocycles. The van der Waals surface area contributed by atoms with Gasteiger partial charge in [0.05, 0.1) is 11.5 Å². The van der Waals surface area contributed by atoms with E-state index in [0.717, 1.165) is 6.42 Å². The minimum Gasteiger partial charge on any atom is -0.464 e. The zero-order chi connectivity index (χ0) is 15.1. The topological polar surface area (TPSA) is 81.5 Å². The number of hydrogen-bond donors (Lipinski definition) is 1. The van der Waals surface area contributed by atoms with Gasteiger partial charge in [-0.2, -0.15) is 0 Å². The van der Waals surface area contributed by atoms with Crippen LogP contribution in [0.15, 0.2) is 22.7 Å². The molecule has 0 unspecified atom stereocenters. The van der Waals surface area contributed by atoms with E-state index in [0.29, 0.717) is 16.6 Å². The van der Waals surface area contributed by atoms with Crippen molar-refractivity contribution in [3.05, 3.63) is 32.8 Å². The van der Waals surface area contributed by atoms with Gasteiger partial charge in [-0.25, -0.2) is 4.79 Å². The molecule has 1 N–H and O–H groups in total.